The molecule has 0 bridgehead atoms. The van der Waals surface area contributed by atoms with E-state index >= 15 is 0 Å². The van der Waals surface area contributed by atoms with Crippen molar-refractivity contribution in [2.75, 3.05) is 27.2 Å². The number of nitrogens with one attached hydrogen (secondary N) is 1. The van der Waals surface area contributed by atoms with Crippen LogP contribution in [0.3, 0.4) is 0 Å². The fourth-order valence-corrected chi connectivity index (χ4v) is 2.31. The molecule has 8 nitrogen and oxygen atoms in total. The Morgan fingerprint density at radius 3 is 2.60 bits per heavy atom. The number of likely N-dealkylation sites (N-methyl/N-ethyl adjacent to an activating group) is 3. The number of guanidine groups is 1. The quantitative estimate of drug-likeness (QED) is 0.626. The minimum absolute atomic E-state index is 0.289. The highest BCUT2D eigenvalue weighted by molar-refractivity contribution is 6.22. The van der Waals surface area contributed by atoms with Gasteiger partial charge in [0.2, 0.25) is 11.9 Å². The molecule has 2 aliphatic heterocycles. The van der Waals surface area contributed by atoms with Gasteiger partial charge in [-0.15, -0.1) is 0 Å². The SMILES string of the molecule is CC[N+]1=C(NCC(C)O)N=C2C1C(=O)N(C)C(=O)N2C. The number of urea groups is 1. The summed E-state index contributed by atoms with van der Waals surface area (Å²) in [5.74, 6) is 0.646. The Kier molecular flexibility index (Phi) is 3.76. The molecule has 2 N–H and O–H groups in total. The van der Waals surface area contributed by atoms with Crippen molar-refractivity contribution in [3.05, 3.63) is 0 Å². The van der Waals surface area contributed by atoms with Crippen molar-refractivity contribution in [2.45, 2.75) is 26.0 Å². The van der Waals surface area contributed by atoms with E-state index in [1.165, 1.54) is 11.9 Å². The number of aliphatic imine (C=N–C) groups is 1. The lowest BCUT2D eigenvalue weighted by atomic mass is 10.1. The first kappa shape index (κ1) is 14.4. The number of rotatable bonds is 3. The molecule has 1 fully saturated rings. The third kappa shape index (κ3) is 2.15. The second-order valence-electron chi connectivity index (χ2n) is 4.95. The summed E-state index contributed by atoms with van der Waals surface area (Å²) in [7, 11) is 3.07. The van der Waals surface area contributed by atoms with E-state index in [1.807, 2.05) is 6.92 Å². The maximum atomic E-state index is 12.3. The van der Waals surface area contributed by atoms with Gasteiger partial charge in [0.25, 0.3) is 5.91 Å². The van der Waals surface area contributed by atoms with Gasteiger partial charge in [-0.2, -0.15) is 0 Å². The maximum absolute atomic E-state index is 12.3. The summed E-state index contributed by atoms with van der Waals surface area (Å²) in [5.41, 5.74) is 0. The van der Waals surface area contributed by atoms with Crippen LogP contribution in [0.1, 0.15) is 13.8 Å². The first-order valence-electron chi connectivity index (χ1n) is 6.57. The lowest BCUT2D eigenvalue weighted by Gasteiger charge is -2.31. The van der Waals surface area contributed by atoms with E-state index in [4.69, 9.17) is 0 Å². The Balaban J connectivity index is 2.35. The van der Waals surface area contributed by atoms with Gasteiger partial charge in [-0.05, 0) is 13.8 Å². The fraction of sp³-hybridized carbons (Fsp3) is 0.667. The molecular weight excluding hydrogens is 262 g/mol. The number of carbonyl (C=O) groups excluding carboxylic acids is 2. The van der Waals surface area contributed by atoms with Gasteiger partial charge in [0, 0.05) is 14.1 Å². The Morgan fingerprint density at radius 2 is 2.05 bits per heavy atom. The zero-order valence-corrected chi connectivity index (χ0v) is 12.1. The minimum Gasteiger partial charge on any atom is -0.390 e. The molecule has 2 atom stereocenters. The summed E-state index contributed by atoms with van der Waals surface area (Å²) in [6.07, 6.45) is -0.526. The molecule has 0 aromatic heterocycles. The zero-order valence-electron chi connectivity index (χ0n) is 12.1. The molecule has 0 aromatic carbocycles. The molecule has 0 saturated carbocycles. The van der Waals surface area contributed by atoms with Gasteiger partial charge >= 0.3 is 12.0 Å². The van der Waals surface area contributed by atoms with Gasteiger partial charge in [-0.3, -0.25) is 19.9 Å². The smallest absolute Gasteiger partial charge is 0.390 e. The van der Waals surface area contributed by atoms with E-state index in [0.717, 1.165) is 4.90 Å². The van der Waals surface area contributed by atoms with Crippen molar-refractivity contribution in [3.8, 4) is 0 Å². The normalized spacial score (nSPS) is 24.1. The van der Waals surface area contributed by atoms with Gasteiger partial charge in [-0.1, -0.05) is 4.99 Å². The van der Waals surface area contributed by atoms with Gasteiger partial charge in [0.05, 0.1) is 19.2 Å². The minimum atomic E-state index is -0.579. The molecule has 8 heteroatoms. The van der Waals surface area contributed by atoms with E-state index in [0.29, 0.717) is 24.9 Å². The maximum Gasteiger partial charge on any atom is 0.390 e. The van der Waals surface area contributed by atoms with Gasteiger partial charge in [0.1, 0.15) is 0 Å². The molecule has 0 radical (unpaired) electrons. The van der Waals surface area contributed by atoms with Crippen LogP contribution in [0, 0.1) is 0 Å². The molecule has 20 heavy (non-hydrogen) atoms. The van der Waals surface area contributed by atoms with Crippen LogP contribution in [0.4, 0.5) is 4.79 Å². The van der Waals surface area contributed by atoms with E-state index < -0.39 is 18.2 Å². The first-order chi connectivity index (χ1) is 9.38. The van der Waals surface area contributed by atoms with Crippen LogP contribution in [-0.2, 0) is 4.79 Å². The number of amides is 3. The van der Waals surface area contributed by atoms with Crippen LogP contribution in [0.2, 0.25) is 0 Å². The second-order valence-corrected chi connectivity index (χ2v) is 4.95. The van der Waals surface area contributed by atoms with Crippen molar-refractivity contribution < 1.29 is 19.3 Å². The molecular formula is C12H20N5O3+. The molecule has 0 aliphatic carbocycles. The summed E-state index contributed by atoms with van der Waals surface area (Å²) in [4.78, 5) is 31.0. The Morgan fingerprint density at radius 1 is 1.40 bits per heavy atom. The monoisotopic (exact) mass is 282 g/mol. The molecule has 3 amide bonds. The number of carbonyl (C=O) groups is 2. The van der Waals surface area contributed by atoms with Gasteiger partial charge in [0.15, 0.2) is 0 Å². The van der Waals surface area contributed by atoms with Crippen LogP contribution in [0.15, 0.2) is 4.99 Å². The predicted octanol–water partition coefficient (Wildman–Crippen LogP) is -1.35. The average molecular weight is 282 g/mol. The highest BCUT2D eigenvalue weighted by Crippen LogP contribution is 2.17. The third-order valence-electron chi connectivity index (χ3n) is 3.43. The second kappa shape index (κ2) is 5.20. The van der Waals surface area contributed by atoms with E-state index in [9.17, 15) is 14.7 Å². The average Bonchev–Trinajstić information content (AvgIpc) is 2.79. The van der Waals surface area contributed by atoms with Crippen LogP contribution < -0.4 is 5.32 Å². The largest absolute Gasteiger partial charge is 0.390 e. The third-order valence-corrected chi connectivity index (χ3v) is 3.43. The predicted molar refractivity (Wildman–Crippen MR) is 72.6 cm³/mol. The number of nitrogens with zero attached hydrogens (tertiary/aromatic N) is 4. The number of hydrogen-bond donors (Lipinski definition) is 2. The zero-order chi connectivity index (χ0) is 15.0. The van der Waals surface area contributed by atoms with Crippen molar-refractivity contribution in [2.24, 2.45) is 4.99 Å². The van der Waals surface area contributed by atoms with E-state index in [2.05, 4.69) is 10.3 Å². The molecule has 110 valence electrons. The lowest BCUT2D eigenvalue weighted by Crippen LogP contribution is -2.61. The van der Waals surface area contributed by atoms with Crippen LogP contribution in [-0.4, -0.2) is 82.5 Å². The van der Waals surface area contributed by atoms with Gasteiger partial charge in [-0.25, -0.2) is 9.37 Å². The number of amidine groups is 1. The van der Waals surface area contributed by atoms with Crippen LogP contribution >= 0.6 is 0 Å². The van der Waals surface area contributed by atoms with Gasteiger partial charge < -0.3 is 5.11 Å². The number of fused-ring (bicyclic) bond motifs is 1. The highest BCUT2D eigenvalue weighted by Gasteiger charge is 2.50. The van der Waals surface area contributed by atoms with Crippen LogP contribution in [0.5, 0.6) is 0 Å². The molecule has 2 unspecified atom stereocenters. The Bertz CT molecular complexity index is 511. The van der Waals surface area contributed by atoms with E-state index in [-0.39, 0.29) is 5.91 Å². The Labute approximate surface area is 117 Å². The molecule has 1 saturated heterocycles. The van der Waals surface area contributed by atoms with Crippen molar-refractivity contribution in [3.63, 3.8) is 0 Å². The summed E-state index contributed by atoms with van der Waals surface area (Å²) < 4.78 is 1.79. The highest BCUT2D eigenvalue weighted by atomic mass is 16.3. The number of hydrogen-bond acceptors (Lipinski definition) is 5. The summed E-state index contributed by atoms with van der Waals surface area (Å²) in [6, 6.07) is -0.970. The Hall–Kier alpha value is -1.96. The molecule has 2 rings (SSSR count). The standard InChI is InChI=1S/C12H19N5O3/c1-5-17-8-9(14-11(17)13-6-7(2)18)15(3)12(20)16(4)10(8)19/h7-8,18H,5-6H2,1-4H3/p+1. The molecule has 0 spiro atoms. The topological polar surface area (TPSA) is 88.2 Å². The summed E-state index contributed by atoms with van der Waals surface area (Å²) in [6.45, 7) is 4.47. The van der Waals surface area contributed by atoms with Crippen molar-refractivity contribution in [1.29, 1.82) is 0 Å². The van der Waals surface area contributed by atoms with Crippen molar-refractivity contribution >= 4 is 23.7 Å². The fourth-order valence-electron chi connectivity index (χ4n) is 2.31. The lowest BCUT2D eigenvalue weighted by molar-refractivity contribution is -0.533. The number of imide groups is 1. The summed E-state index contributed by atoms with van der Waals surface area (Å²) >= 11 is 0. The van der Waals surface area contributed by atoms with Crippen LogP contribution in [0.25, 0.3) is 0 Å². The number of aliphatic hydroxyl groups excluding tert-OH is 1. The summed E-state index contributed by atoms with van der Waals surface area (Å²) in [5, 5.41) is 12.3. The molecule has 2 aliphatic rings. The van der Waals surface area contributed by atoms with E-state index in [1.54, 1.807) is 18.5 Å². The molecule has 2 heterocycles. The number of aliphatic hydroxyl groups is 1. The molecule has 0 aromatic rings. The van der Waals surface area contributed by atoms with Crippen molar-refractivity contribution in [1.82, 2.24) is 15.1 Å². The first-order valence-corrected chi connectivity index (χ1v) is 6.57.